The van der Waals surface area contributed by atoms with Crippen LogP contribution in [0.4, 0.5) is 10.1 Å². The SMILES string of the molecule is COc1cc(NC(=O)Cc2sc(C)nc2-c2ccc(F)cc2)cc(OC)c1OC. The fraction of sp³-hybridized carbons (Fsp3) is 0.238. The molecule has 0 atom stereocenters. The number of carbonyl (C=O) groups excluding carboxylic acids is 1. The Balaban J connectivity index is 1.83. The Labute approximate surface area is 172 Å². The molecule has 0 spiro atoms. The smallest absolute Gasteiger partial charge is 0.229 e. The molecule has 1 amide bonds. The first-order valence-electron chi connectivity index (χ1n) is 8.77. The van der Waals surface area contributed by atoms with Crippen LogP contribution in [0.2, 0.25) is 0 Å². The second-order valence-corrected chi connectivity index (χ2v) is 7.44. The summed E-state index contributed by atoms with van der Waals surface area (Å²) < 4.78 is 29.1. The number of nitrogens with zero attached hydrogens (tertiary/aromatic N) is 1. The highest BCUT2D eigenvalue weighted by Crippen LogP contribution is 2.40. The van der Waals surface area contributed by atoms with Crippen molar-refractivity contribution in [1.29, 1.82) is 0 Å². The molecule has 0 unspecified atom stereocenters. The van der Waals surface area contributed by atoms with Gasteiger partial charge < -0.3 is 19.5 Å². The third-order valence-corrected chi connectivity index (χ3v) is 5.16. The van der Waals surface area contributed by atoms with E-state index in [1.54, 1.807) is 24.3 Å². The zero-order valence-electron chi connectivity index (χ0n) is 16.5. The molecule has 3 rings (SSSR count). The molecule has 1 heterocycles. The van der Waals surface area contributed by atoms with Gasteiger partial charge in [0, 0.05) is 28.3 Å². The van der Waals surface area contributed by atoms with Gasteiger partial charge in [-0.2, -0.15) is 0 Å². The minimum Gasteiger partial charge on any atom is -0.493 e. The summed E-state index contributed by atoms with van der Waals surface area (Å²) in [5, 5.41) is 3.69. The highest BCUT2D eigenvalue weighted by molar-refractivity contribution is 7.12. The minimum atomic E-state index is -0.317. The molecular weight excluding hydrogens is 395 g/mol. The number of carbonyl (C=O) groups is 1. The van der Waals surface area contributed by atoms with Crippen molar-refractivity contribution >= 4 is 22.9 Å². The highest BCUT2D eigenvalue weighted by Gasteiger charge is 2.17. The Kier molecular flexibility index (Phi) is 6.33. The number of benzene rings is 2. The zero-order valence-corrected chi connectivity index (χ0v) is 17.4. The van der Waals surface area contributed by atoms with E-state index in [-0.39, 0.29) is 18.1 Å². The highest BCUT2D eigenvalue weighted by atomic mass is 32.1. The van der Waals surface area contributed by atoms with E-state index >= 15 is 0 Å². The van der Waals surface area contributed by atoms with E-state index in [0.717, 1.165) is 15.4 Å². The molecule has 0 saturated heterocycles. The van der Waals surface area contributed by atoms with Gasteiger partial charge in [-0.3, -0.25) is 4.79 Å². The number of methoxy groups -OCH3 is 3. The normalized spacial score (nSPS) is 10.5. The van der Waals surface area contributed by atoms with Gasteiger partial charge in [-0.15, -0.1) is 11.3 Å². The van der Waals surface area contributed by atoms with Crippen molar-refractivity contribution in [2.75, 3.05) is 26.6 Å². The van der Waals surface area contributed by atoms with Crippen molar-refractivity contribution in [1.82, 2.24) is 4.98 Å². The van der Waals surface area contributed by atoms with Gasteiger partial charge in [0.2, 0.25) is 11.7 Å². The first-order chi connectivity index (χ1) is 13.9. The maximum absolute atomic E-state index is 13.2. The number of hydrogen-bond donors (Lipinski definition) is 1. The van der Waals surface area contributed by atoms with Crippen molar-refractivity contribution < 1.29 is 23.4 Å². The van der Waals surface area contributed by atoms with E-state index < -0.39 is 0 Å². The third kappa shape index (κ3) is 4.65. The standard InChI is InChI=1S/C21H21FN2O4S/c1-12-23-20(13-5-7-14(22)8-6-13)18(29-12)11-19(25)24-15-9-16(26-2)21(28-4)17(10-15)27-3/h5-10H,11H2,1-4H3,(H,24,25). The molecule has 0 fully saturated rings. The van der Waals surface area contributed by atoms with Crippen LogP contribution in [0.15, 0.2) is 36.4 Å². The van der Waals surface area contributed by atoms with Gasteiger partial charge in [-0.05, 0) is 31.2 Å². The molecule has 0 aliphatic carbocycles. The molecule has 0 bridgehead atoms. The van der Waals surface area contributed by atoms with Gasteiger partial charge in [0.1, 0.15) is 5.82 Å². The van der Waals surface area contributed by atoms with E-state index in [1.807, 2.05) is 6.92 Å². The van der Waals surface area contributed by atoms with Crippen LogP contribution in [0, 0.1) is 12.7 Å². The Morgan fingerprint density at radius 1 is 1.07 bits per heavy atom. The topological polar surface area (TPSA) is 69.7 Å². The van der Waals surface area contributed by atoms with Crippen LogP contribution < -0.4 is 19.5 Å². The quantitative estimate of drug-likeness (QED) is 0.616. The minimum absolute atomic E-state index is 0.134. The van der Waals surface area contributed by atoms with Crippen LogP contribution in [0.25, 0.3) is 11.3 Å². The molecule has 0 aliphatic heterocycles. The molecule has 2 aromatic carbocycles. The van der Waals surface area contributed by atoms with Crippen molar-refractivity contribution in [3.8, 4) is 28.5 Å². The predicted molar refractivity (Wildman–Crippen MR) is 111 cm³/mol. The zero-order chi connectivity index (χ0) is 21.0. The van der Waals surface area contributed by atoms with E-state index in [4.69, 9.17) is 14.2 Å². The molecule has 0 saturated carbocycles. The number of hydrogen-bond acceptors (Lipinski definition) is 6. The molecular formula is C21H21FN2O4S. The Morgan fingerprint density at radius 2 is 1.69 bits per heavy atom. The van der Waals surface area contributed by atoms with Crippen molar-refractivity contribution in [3.63, 3.8) is 0 Å². The first kappa shape index (κ1) is 20.6. The lowest BCUT2D eigenvalue weighted by Gasteiger charge is -2.14. The number of aryl methyl sites for hydroxylation is 1. The molecule has 1 N–H and O–H groups in total. The third-order valence-electron chi connectivity index (χ3n) is 4.19. The van der Waals surface area contributed by atoms with E-state index in [2.05, 4.69) is 10.3 Å². The lowest BCUT2D eigenvalue weighted by Crippen LogP contribution is -2.14. The number of nitrogens with one attached hydrogen (secondary N) is 1. The van der Waals surface area contributed by atoms with Crippen molar-refractivity contribution in [2.45, 2.75) is 13.3 Å². The summed E-state index contributed by atoms with van der Waals surface area (Å²) in [6.07, 6.45) is 0.134. The molecule has 6 nitrogen and oxygen atoms in total. The molecule has 8 heteroatoms. The number of thiazole rings is 1. The average Bonchev–Trinajstić information content (AvgIpc) is 3.07. The van der Waals surface area contributed by atoms with Crippen molar-refractivity contribution in [2.24, 2.45) is 0 Å². The van der Waals surface area contributed by atoms with Gasteiger partial charge in [-0.1, -0.05) is 0 Å². The van der Waals surface area contributed by atoms with Crippen LogP contribution >= 0.6 is 11.3 Å². The van der Waals surface area contributed by atoms with Gasteiger partial charge in [0.15, 0.2) is 11.5 Å². The van der Waals surface area contributed by atoms with E-state index in [9.17, 15) is 9.18 Å². The number of rotatable bonds is 7. The lowest BCUT2D eigenvalue weighted by atomic mass is 10.1. The second kappa shape index (κ2) is 8.91. The molecule has 0 aliphatic rings. The molecule has 152 valence electrons. The van der Waals surface area contributed by atoms with E-state index in [0.29, 0.717) is 28.6 Å². The molecule has 3 aromatic rings. The number of aromatic nitrogens is 1. The van der Waals surface area contributed by atoms with Crippen LogP contribution in [0.3, 0.4) is 0 Å². The van der Waals surface area contributed by atoms with Gasteiger partial charge in [0.25, 0.3) is 0 Å². The van der Waals surface area contributed by atoms with Gasteiger partial charge >= 0.3 is 0 Å². The Bertz CT molecular complexity index is 993. The lowest BCUT2D eigenvalue weighted by molar-refractivity contribution is -0.115. The number of anilines is 1. The second-order valence-electron chi connectivity index (χ2n) is 6.15. The van der Waals surface area contributed by atoms with Crippen LogP contribution in [-0.4, -0.2) is 32.2 Å². The first-order valence-corrected chi connectivity index (χ1v) is 9.59. The molecule has 29 heavy (non-hydrogen) atoms. The predicted octanol–water partition coefficient (Wildman–Crippen LogP) is 4.46. The number of amides is 1. The van der Waals surface area contributed by atoms with E-state index in [1.165, 1.54) is 44.8 Å². The number of ether oxygens (including phenoxy) is 3. The maximum Gasteiger partial charge on any atom is 0.229 e. The largest absolute Gasteiger partial charge is 0.493 e. The molecule has 0 radical (unpaired) electrons. The summed E-state index contributed by atoms with van der Waals surface area (Å²) >= 11 is 1.44. The average molecular weight is 416 g/mol. The molecule has 1 aromatic heterocycles. The number of halogens is 1. The van der Waals surface area contributed by atoms with Crippen LogP contribution in [0.5, 0.6) is 17.2 Å². The fourth-order valence-electron chi connectivity index (χ4n) is 2.93. The summed E-state index contributed by atoms with van der Waals surface area (Å²) in [4.78, 5) is 18.0. The summed E-state index contributed by atoms with van der Waals surface area (Å²) in [6, 6.07) is 9.40. The summed E-state index contributed by atoms with van der Waals surface area (Å²) in [5.41, 5.74) is 1.98. The Hall–Kier alpha value is -3.13. The van der Waals surface area contributed by atoms with Crippen LogP contribution in [0.1, 0.15) is 9.88 Å². The maximum atomic E-state index is 13.2. The fourth-order valence-corrected chi connectivity index (χ4v) is 3.88. The monoisotopic (exact) mass is 416 g/mol. The summed E-state index contributed by atoms with van der Waals surface area (Å²) in [7, 11) is 4.54. The summed E-state index contributed by atoms with van der Waals surface area (Å²) in [6.45, 7) is 1.87. The van der Waals surface area contributed by atoms with Crippen LogP contribution in [-0.2, 0) is 11.2 Å². The Morgan fingerprint density at radius 3 is 2.24 bits per heavy atom. The van der Waals surface area contributed by atoms with Gasteiger partial charge in [-0.25, -0.2) is 9.37 Å². The van der Waals surface area contributed by atoms with Gasteiger partial charge in [0.05, 0.1) is 38.5 Å². The summed E-state index contributed by atoms with van der Waals surface area (Å²) in [5.74, 6) is 0.809. The van der Waals surface area contributed by atoms with Crippen molar-refractivity contribution in [3.05, 3.63) is 52.1 Å².